The van der Waals surface area contributed by atoms with Crippen LogP contribution in [0.2, 0.25) is 9.49 Å². The molecule has 2 aromatic heterocycles. The Morgan fingerprint density at radius 3 is 2.65 bits per heavy atom. The zero-order valence-electron chi connectivity index (χ0n) is 9.65. The van der Waals surface area contributed by atoms with Crippen molar-refractivity contribution < 1.29 is 0 Å². The number of hydrogen-bond acceptors (Lipinski definition) is 3. The minimum Gasteiger partial charge on any atom is -0.321 e. The van der Waals surface area contributed by atoms with Crippen molar-refractivity contribution in [2.75, 3.05) is 7.05 Å². The van der Waals surface area contributed by atoms with E-state index >= 15 is 0 Å². The Hall–Kier alpha value is -0.550. The fraction of sp³-hybridized carbons (Fsp3) is 0.364. The topological polar surface area (TPSA) is 21.1 Å². The summed E-state index contributed by atoms with van der Waals surface area (Å²) in [7, 11) is 3.97. The van der Waals surface area contributed by atoms with Crippen LogP contribution in [0.5, 0.6) is 0 Å². The quantitative estimate of drug-likeness (QED) is 0.860. The van der Waals surface area contributed by atoms with E-state index in [1.807, 2.05) is 17.7 Å². The molecular formula is C11H13Cl2N3S. The van der Waals surface area contributed by atoms with Crippen LogP contribution in [0.25, 0.3) is 0 Å². The molecule has 2 aromatic rings. The van der Waals surface area contributed by atoms with Crippen LogP contribution in [0.15, 0.2) is 18.3 Å². The molecule has 0 aromatic carbocycles. The number of hydrogen-bond donors (Lipinski definition) is 0. The van der Waals surface area contributed by atoms with Gasteiger partial charge in [-0.15, -0.1) is 11.3 Å². The van der Waals surface area contributed by atoms with E-state index in [0.717, 1.165) is 23.3 Å². The second-order valence-corrected chi connectivity index (χ2v) is 6.12. The lowest BCUT2D eigenvalue weighted by atomic mass is 10.4. The lowest BCUT2D eigenvalue weighted by molar-refractivity contribution is 0.310. The van der Waals surface area contributed by atoms with Crippen molar-refractivity contribution in [3.8, 4) is 0 Å². The van der Waals surface area contributed by atoms with Crippen LogP contribution in [0.1, 0.15) is 10.7 Å². The van der Waals surface area contributed by atoms with Crippen molar-refractivity contribution in [1.82, 2.24) is 14.5 Å². The molecule has 0 radical (unpaired) electrons. The number of halogens is 2. The van der Waals surface area contributed by atoms with Crippen LogP contribution in [0, 0.1) is 0 Å². The lowest BCUT2D eigenvalue weighted by Gasteiger charge is -2.15. The SMILES string of the molecule is CN(Cc1ccc(Cl)s1)Cc1ncc(Cl)n1C. The summed E-state index contributed by atoms with van der Waals surface area (Å²) in [4.78, 5) is 7.70. The maximum absolute atomic E-state index is 5.94. The van der Waals surface area contributed by atoms with Crippen molar-refractivity contribution in [2.24, 2.45) is 7.05 Å². The van der Waals surface area contributed by atoms with Crippen molar-refractivity contribution in [3.05, 3.63) is 38.5 Å². The molecule has 0 amide bonds. The minimum absolute atomic E-state index is 0.660. The third kappa shape index (κ3) is 3.22. The molecule has 0 saturated heterocycles. The molecule has 6 heteroatoms. The Bertz CT molecular complexity index is 507. The third-order valence-corrected chi connectivity index (χ3v) is 4.06. The predicted octanol–water partition coefficient (Wildman–Crippen LogP) is 3.42. The monoisotopic (exact) mass is 289 g/mol. The van der Waals surface area contributed by atoms with Crippen molar-refractivity contribution in [1.29, 1.82) is 0 Å². The van der Waals surface area contributed by atoms with Crippen LogP contribution in [0.3, 0.4) is 0 Å². The fourth-order valence-corrected chi connectivity index (χ4v) is 2.89. The first-order chi connectivity index (χ1) is 8.06. The summed E-state index contributed by atoms with van der Waals surface area (Å²) in [6.45, 7) is 1.63. The minimum atomic E-state index is 0.660. The molecule has 0 saturated carbocycles. The summed E-state index contributed by atoms with van der Waals surface area (Å²) in [5.74, 6) is 0.958. The number of imidazole rings is 1. The first kappa shape index (κ1) is 12.9. The van der Waals surface area contributed by atoms with Crippen LogP contribution >= 0.6 is 34.5 Å². The Labute approximate surface area is 115 Å². The van der Waals surface area contributed by atoms with Crippen LogP contribution in [-0.2, 0) is 20.1 Å². The molecular weight excluding hydrogens is 277 g/mol. The molecule has 0 aliphatic heterocycles. The zero-order chi connectivity index (χ0) is 12.4. The van der Waals surface area contributed by atoms with Crippen molar-refractivity contribution in [3.63, 3.8) is 0 Å². The Balaban J connectivity index is 1.97. The average Bonchev–Trinajstić information content (AvgIpc) is 2.79. The summed E-state index contributed by atoms with van der Waals surface area (Å²) in [6, 6.07) is 3.97. The second-order valence-electron chi connectivity index (χ2n) is 3.93. The molecule has 2 heterocycles. The largest absolute Gasteiger partial charge is 0.321 e. The molecule has 0 atom stereocenters. The van der Waals surface area contributed by atoms with E-state index in [4.69, 9.17) is 23.2 Å². The number of nitrogens with zero attached hydrogens (tertiary/aromatic N) is 3. The van der Waals surface area contributed by atoms with Gasteiger partial charge in [-0.25, -0.2) is 4.98 Å². The van der Waals surface area contributed by atoms with Crippen molar-refractivity contribution in [2.45, 2.75) is 13.1 Å². The van der Waals surface area contributed by atoms with E-state index in [9.17, 15) is 0 Å². The molecule has 0 aliphatic carbocycles. The first-order valence-electron chi connectivity index (χ1n) is 5.15. The van der Waals surface area contributed by atoms with Crippen LogP contribution in [0.4, 0.5) is 0 Å². The average molecular weight is 290 g/mol. The highest BCUT2D eigenvalue weighted by molar-refractivity contribution is 7.16. The van der Waals surface area contributed by atoms with E-state index in [0.29, 0.717) is 5.15 Å². The predicted molar refractivity (Wildman–Crippen MR) is 72.7 cm³/mol. The summed E-state index contributed by atoms with van der Waals surface area (Å²) < 4.78 is 2.72. The van der Waals surface area contributed by atoms with Gasteiger partial charge in [0.2, 0.25) is 0 Å². The van der Waals surface area contributed by atoms with Crippen LogP contribution in [-0.4, -0.2) is 21.5 Å². The van der Waals surface area contributed by atoms with E-state index in [1.54, 1.807) is 17.5 Å². The number of rotatable bonds is 4. The van der Waals surface area contributed by atoms with Crippen LogP contribution < -0.4 is 0 Å². The normalized spacial score (nSPS) is 11.4. The van der Waals surface area contributed by atoms with E-state index in [1.165, 1.54) is 4.88 Å². The molecule has 0 aliphatic rings. The van der Waals surface area contributed by atoms with Gasteiger partial charge in [-0.05, 0) is 19.2 Å². The molecule has 3 nitrogen and oxygen atoms in total. The highest BCUT2D eigenvalue weighted by Crippen LogP contribution is 2.22. The molecule has 92 valence electrons. The maximum Gasteiger partial charge on any atom is 0.128 e. The summed E-state index contributed by atoms with van der Waals surface area (Å²) in [5, 5.41) is 0.660. The highest BCUT2D eigenvalue weighted by atomic mass is 35.5. The molecule has 0 bridgehead atoms. The Kier molecular flexibility index (Phi) is 4.09. The highest BCUT2D eigenvalue weighted by Gasteiger charge is 2.09. The standard InChI is InChI=1S/C11H13Cl2N3S/c1-15(6-8-3-4-10(13)17-8)7-11-14-5-9(12)16(11)2/h3-5H,6-7H2,1-2H3. The molecule has 0 fully saturated rings. The molecule has 17 heavy (non-hydrogen) atoms. The third-order valence-electron chi connectivity index (χ3n) is 2.49. The van der Waals surface area contributed by atoms with Gasteiger partial charge in [0.05, 0.1) is 17.1 Å². The molecule has 0 spiro atoms. The van der Waals surface area contributed by atoms with Gasteiger partial charge in [-0.1, -0.05) is 23.2 Å². The van der Waals surface area contributed by atoms with Gasteiger partial charge in [0.15, 0.2) is 0 Å². The van der Waals surface area contributed by atoms with Gasteiger partial charge in [-0.2, -0.15) is 0 Å². The summed E-state index contributed by atoms with van der Waals surface area (Å²) in [6.07, 6.45) is 1.67. The fourth-order valence-electron chi connectivity index (χ4n) is 1.57. The van der Waals surface area contributed by atoms with Crippen molar-refractivity contribution >= 4 is 34.5 Å². The van der Waals surface area contributed by atoms with E-state index in [-0.39, 0.29) is 0 Å². The molecule has 0 N–H and O–H groups in total. The summed E-state index contributed by atoms with van der Waals surface area (Å²) >= 11 is 13.4. The van der Waals surface area contributed by atoms with Gasteiger partial charge in [0.25, 0.3) is 0 Å². The zero-order valence-corrected chi connectivity index (χ0v) is 12.0. The Morgan fingerprint density at radius 1 is 1.35 bits per heavy atom. The smallest absolute Gasteiger partial charge is 0.128 e. The number of aromatic nitrogens is 2. The maximum atomic E-state index is 5.94. The first-order valence-corrected chi connectivity index (χ1v) is 6.72. The van der Waals surface area contributed by atoms with Gasteiger partial charge in [0.1, 0.15) is 11.0 Å². The Morgan fingerprint density at radius 2 is 2.12 bits per heavy atom. The lowest BCUT2D eigenvalue weighted by Crippen LogP contribution is -2.19. The molecule has 0 unspecified atom stereocenters. The summed E-state index contributed by atoms with van der Waals surface area (Å²) in [5.41, 5.74) is 0. The van der Waals surface area contributed by atoms with E-state index < -0.39 is 0 Å². The number of thiophene rings is 1. The molecule has 2 rings (SSSR count). The van der Waals surface area contributed by atoms with Gasteiger partial charge in [0, 0.05) is 18.5 Å². The van der Waals surface area contributed by atoms with Gasteiger partial charge < -0.3 is 4.57 Å². The second kappa shape index (κ2) is 5.40. The van der Waals surface area contributed by atoms with Gasteiger partial charge >= 0.3 is 0 Å². The van der Waals surface area contributed by atoms with E-state index in [2.05, 4.69) is 23.0 Å². The van der Waals surface area contributed by atoms with Gasteiger partial charge in [-0.3, -0.25) is 4.90 Å².